The highest BCUT2D eigenvalue weighted by molar-refractivity contribution is 6.00. The number of carbonyl (C=O) groups is 1. The Morgan fingerprint density at radius 2 is 1.88 bits per heavy atom. The van der Waals surface area contributed by atoms with Gasteiger partial charge in [-0.05, 0) is 55.7 Å². The zero-order valence-electron chi connectivity index (χ0n) is 18.5. The van der Waals surface area contributed by atoms with Crippen molar-refractivity contribution >= 4 is 22.4 Å². The molecule has 0 atom stereocenters. The molecule has 4 aromatic rings. The fourth-order valence-corrected chi connectivity index (χ4v) is 3.61. The van der Waals surface area contributed by atoms with Crippen LogP contribution >= 0.6 is 0 Å². The zero-order chi connectivity index (χ0) is 22.5. The number of ether oxygens (including phenoxy) is 1. The normalized spacial score (nSPS) is 11.5. The molecular formula is C27H26N2O3. The summed E-state index contributed by atoms with van der Waals surface area (Å²) >= 11 is 0. The lowest BCUT2D eigenvalue weighted by molar-refractivity contribution is -0.116. The van der Waals surface area contributed by atoms with Crippen LogP contribution in [0, 0.1) is 6.92 Å². The maximum Gasteiger partial charge on any atom is 0.244 e. The molecule has 0 saturated heterocycles. The van der Waals surface area contributed by atoms with Crippen molar-refractivity contribution in [3.05, 3.63) is 90.0 Å². The first-order valence-corrected chi connectivity index (χ1v) is 10.7. The number of nitrogens with zero attached hydrogens (tertiary/aromatic N) is 1. The third-order valence-corrected chi connectivity index (χ3v) is 5.33. The number of furan rings is 1. The molecule has 0 saturated carbocycles. The van der Waals surface area contributed by atoms with Crippen LogP contribution in [0.3, 0.4) is 0 Å². The smallest absolute Gasteiger partial charge is 0.244 e. The van der Waals surface area contributed by atoms with Crippen molar-refractivity contribution in [3.8, 4) is 16.9 Å². The van der Waals surface area contributed by atoms with E-state index in [9.17, 15) is 4.79 Å². The summed E-state index contributed by atoms with van der Waals surface area (Å²) in [6, 6.07) is 16.0. The fourth-order valence-electron chi connectivity index (χ4n) is 3.61. The number of carbonyl (C=O) groups excluding carboxylic acids is 1. The van der Waals surface area contributed by atoms with Crippen LogP contribution in [0.15, 0.2) is 77.7 Å². The van der Waals surface area contributed by atoms with E-state index in [2.05, 4.69) is 41.5 Å². The lowest BCUT2D eigenvalue weighted by Crippen LogP contribution is -2.20. The number of pyridine rings is 1. The molecule has 0 fully saturated rings. The summed E-state index contributed by atoms with van der Waals surface area (Å²) in [5, 5.41) is 3.91. The Morgan fingerprint density at radius 3 is 2.59 bits per heavy atom. The summed E-state index contributed by atoms with van der Waals surface area (Å²) in [6.07, 6.45) is 6.80. The summed E-state index contributed by atoms with van der Waals surface area (Å²) in [6.45, 7) is 6.89. The molecule has 0 radical (unpaired) electrons. The number of rotatable bonds is 7. The van der Waals surface area contributed by atoms with E-state index in [0.29, 0.717) is 18.9 Å². The predicted molar refractivity (Wildman–Crippen MR) is 127 cm³/mol. The Hall–Kier alpha value is -3.86. The first-order valence-electron chi connectivity index (χ1n) is 10.7. The standard InChI is InChI=1S/C27H26N2O3/c1-4-31-25-15-26-23(24(17-32-26)21-7-5-18(2)6-8-21)14-22(25)19(3)13-27(30)29-16-20-9-11-28-12-10-20/h5-15,17H,4,16H2,1-3H3,(H,29,30)/b19-13+. The maximum absolute atomic E-state index is 12.5. The Bertz CT molecular complexity index is 1260. The van der Waals surface area contributed by atoms with Gasteiger partial charge in [-0.1, -0.05) is 29.8 Å². The Labute approximate surface area is 187 Å². The van der Waals surface area contributed by atoms with E-state index in [1.807, 2.05) is 38.1 Å². The number of amides is 1. The van der Waals surface area contributed by atoms with Gasteiger partial charge in [0.05, 0.1) is 12.9 Å². The van der Waals surface area contributed by atoms with Gasteiger partial charge in [0.1, 0.15) is 11.3 Å². The number of nitrogens with one attached hydrogen (secondary N) is 1. The summed E-state index contributed by atoms with van der Waals surface area (Å²) in [5.41, 5.74) is 6.74. The van der Waals surface area contributed by atoms with Gasteiger partial charge in [0, 0.05) is 47.6 Å². The van der Waals surface area contributed by atoms with E-state index < -0.39 is 0 Å². The molecule has 1 N–H and O–H groups in total. The van der Waals surface area contributed by atoms with Crippen molar-refractivity contribution in [3.63, 3.8) is 0 Å². The molecule has 2 heterocycles. The van der Waals surface area contributed by atoms with Gasteiger partial charge >= 0.3 is 0 Å². The van der Waals surface area contributed by atoms with Gasteiger partial charge in [0.25, 0.3) is 0 Å². The van der Waals surface area contributed by atoms with Crippen LogP contribution in [0.1, 0.15) is 30.5 Å². The highest BCUT2D eigenvalue weighted by atomic mass is 16.5. The third-order valence-electron chi connectivity index (χ3n) is 5.33. The number of aryl methyl sites for hydroxylation is 1. The predicted octanol–water partition coefficient (Wildman–Crippen LogP) is 5.92. The van der Waals surface area contributed by atoms with Crippen molar-refractivity contribution in [2.24, 2.45) is 0 Å². The van der Waals surface area contributed by atoms with Crippen LogP contribution in [0.5, 0.6) is 5.75 Å². The van der Waals surface area contributed by atoms with E-state index in [1.54, 1.807) is 24.7 Å². The first-order chi connectivity index (χ1) is 15.5. The van der Waals surface area contributed by atoms with Crippen LogP contribution in [0.25, 0.3) is 27.7 Å². The second-order valence-corrected chi connectivity index (χ2v) is 7.69. The first kappa shape index (κ1) is 21.4. The number of hydrogen-bond donors (Lipinski definition) is 1. The van der Waals surface area contributed by atoms with Gasteiger partial charge in [-0.2, -0.15) is 0 Å². The number of hydrogen-bond acceptors (Lipinski definition) is 4. The Morgan fingerprint density at radius 1 is 1.12 bits per heavy atom. The molecule has 2 aromatic heterocycles. The minimum absolute atomic E-state index is 0.159. The third kappa shape index (κ3) is 4.72. The Balaban J connectivity index is 1.66. The molecule has 32 heavy (non-hydrogen) atoms. The van der Waals surface area contributed by atoms with Gasteiger partial charge in [-0.15, -0.1) is 0 Å². The summed E-state index contributed by atoms with van der Waals surface area (Å²) < 4.78 is 11.7. The van der Waals surface area contributed by atoms with Crippen LogP contribution in [0.2, 0.25) is 0 Å². The van der Waals surface area contributed by atoms with E-state index in [-0.39, 0.29) is 5.91 Å². The molecule has 0 aliphatic carbocycles. The van der Waals surface area contributed by atoms with Crippen LogP contribution < -0.4 is 10.1 Å². The van der Waals surface area contributed by atoms with E-state index in [4.69, 9.17) is 9.15 Å². The summed E-state index contributed by atoms with van der Waals surface area (Å²) in [5.74, 6) is 0.535. The van der Waals surface area contributed by atoms with Gasteiger partial charge in [0.15, 0.2) is 0 Å². The average Bonchev–Trinajstić information content (AvgIpc) is 3.21. The molecule has 5 heteroatoms. The van der Waals surface area contributed by atoms with Gasteiger partial charge < -0.3 is 14.5 Å². The van der Waals surface area contributed by atoms with Crippen LogP contribution in [0.4, 0.5) is 0 Å². The zero-order valence-corrected chi connectivity index (χ0v) is 18.5. The fraction of sp³-hybridized carbons (Fsp3) is 0.185. The molecule has 1 amide bonds. The van der Waals surface area contributed by atoms with Gasteiger partial charge in [-0.25, -0.2) is 0 Å². The van der Waals surface area contributed by atoms with Crippen molar-refractivity contribution in [2.75, 3.05) is 6.61 Å². The molecule has 0 spiro atoms. The van der Waals surface area contributed by atoms with Gasteiger partial charge in [0.2, 0.25) is 5.91 Å². The van der Waals surface area contributed by atoms with Crippen molar-refractivity contribution < 1.29 is 13.9 Å². The van der Waals surface area contributed by atoms with Crippen molar-refractivity contribution in [2.45, 2.75) is 27.3 Å². The quantitative estimate of drug-likeness (QED) is 0.373. The second kappa shape index (κ2) is 9.52. The largest absolute Gasteiger partial charge is 0.493 e. The van der Waals surface area contributed by atoms with Crippen molar-refractivity contribution in [1.29, 1.82) is 0 Å². The van der Waals surface area contributed by atoms with Gasteiger partial charge in [-0.3, -0.25) is 9.78 Å². The second-order valence-electron chi connectivity index (χ2n) is 7.69. The molecule has 5 nitrogen and oxygen atoms in total. The number of fused-ring (bicyclic) bond motifs is 1. The van der Waals surface area contributed by atoms with Crippen molar-refractivity contribution in [1.82, 2.24) is 10.3 Å². The molecule has 162 valence electrons. The lowest BCUT2D eigenvalue weighted by Gasteiger charge is -2.12. The minimum atomic E-state index is -0.159. The summed E-state index contributed by atoms with van der Waals surface area (Å²) in [7, 11) is 0. The van der Waals surface area contributed by atoms with E-state index in [0.717, 1.165) is 38.8 Å². The number of aromatic nitrogens is 1. The maximum atomic E-state index is 12.5. The lowest BCUT2D eigenvalue weighted by atomic mass is 9.99. The Kier molecular flexibility index (Phi) is 6.36. The minimum Gasteiger partial charge on any atom is -0.493 e. The SMILES string of the molecule is CCOc1cc2occ(-c3ccc(C)cc3)c2cc1/C(C)=C/C(=O)NCc1ccncc1. The van der Waals surface area contributed by atoms with E-state index >= 15 is 0 Å². The topological polar surface area (TPSA) is 64.4 Å². The molecule has 2 aromatic carbocycles. The number of allylic oxidation sites excluding steroid dienone is 1. The highest BCUT2D eigenvalue weighted by Gasteiger charge is 2.15. The average molecular weight is 427 g/mol. The highest BCUT2D eigenvalue weighted by Crippen LogP contribution is 2.37. The molecule has 0 aliphatic rings. The monoisotopic (exact) mass is 426 g/mol. The number of benzene rings is 2. The molecule has 4 rings (SSSR count). The molecule has 0 unspecified atom stereocenters. The molecular weight excluding hydrogens is 400 g/mol. The van der Waals surface area contributed by atoms with Crippen LogP contribution in [-0.2, 0) is 11.3 Å². The molecule has 0 aliphatic heterocycles. The van der Waals surface area contributed by atoms with Crippen LogP contribution in [-0.4, -0.2) is 17.5 Å². The summed E-state index contributed by atoms with van der Waals surface area (Å²) in [4.78, 5) is 16.5. The van der Waals surface area contributed by atoms with E-state index in [1.165, 1.54) is 5.56 Å². The molecule has 0 bridgehead atoms.